The Morgan fingerprint density at radius 1 is 0.794 bits per heavy atom. The summed E-state index contributed by atoms with van der Waals surface area (Å²) in [7, 11) is 0. The van der Waals surface area contributed by atoms with E-state index >= 15 is 0 Å². The number of hydrogen-bond donors (Lipinski definition) is 0. The Hall–Kier alpha value is -2.88. The minimum Gasteiger partial charge on any atom is -0.352 e. The molecule has 178 valence electrons. The van der Waals surface area contributed by atoms with Crippen molar-refractivity contribution in [3.05, 3.63) is 82.4 Å². The number of hydrogen-bond acceptors (Lipinski definition) is 2. The molecule has 3 aromatic carbocycles. The van der Waals surface area contributed by atoms with Crippen LogP contribution >= 0.6 is 0 Å². The molecule has 34 heavy (non-hydrogen) atoms. The van der Waals surface area contributed by atoms with Crippen molar-refractivity contribution < 1.29 is 27.0 Å². The summed E-state index contributed by atoms with van der Waals surface area (Å²) in [5.74, 6) is 2.24. The Balaban J connectivity index is 1.40. The molecule has 1 heterocycles. The maximum absolute atomic E-state index is 14.6. The zero-order valence-corrected chi connectivity index (χ0v) is 19.0. The Labute approximate surface area is 196 Å². The summed E-state index contributed by atoms with van der Waals surface area (Å²) in [4.78, 5) is 0. The number of unbranched alkanes of at least 4 members (excludes halogenated alkanes) is 1. The van der Waals surface area contributed by atoms with Crippen molar-refractivity contribution in [3.63, 3.8) is 0 Å². The van der Waals surface area contributed by atoms with Crippen molar-refractivity contribution in [2.24, 2.45) is 5.92 Å². The van der Waals surface area contributed by atoms with Gasteiger partial charge in [-0.05, 0) is 65.6 Å². The fraction of sp³-hybridized carbons (Fsp3) is 0.357. The summed E-state index contributed by atoms with van der Waals surface area (Å²) in [5, 5.41) is 0.958. The van der Waals surface area contributed by atoms with Gasteiger partial charge in [0.1, 0.15) is 11.6 Å². The lowest BCUT2D eigenvalue weighted by Crippen LogP contribution is -2.32. The molecule has 0 aliphatic carbocycles. The van der Waals surface area contributed by atoms with Crippen LogP contribution in [0.25, 0.3) is 10.8 Å². The van der Waals surface area contributed by atoms with E-state index in [1.807, 2.05) is 0 Å². The number of benzene rings is 3. The van der Waals surface area contributed by atoms with Crippen molar-refractivity contribution in [1.29, 1.82) is 0 Å². The van der Waals surface area contributed by atoms with Crippen molar-refractivity contribution in [3.8, 4) is 11.8 Å². The second-order valence-electron chi connectivity index (χ2n) is 8.66. The number of rotatable bonds is 6. The molecule has 6 heteroatoms. The van der Waals surface area contributed by atoms with E-state index in [0.717, 1.165) is 31.4 Å². The van der Waals surface area contributed by atoms with Crippen molar-refractivity contribution >= 4 is 10.8 Å². The average Bonchev–Trinajstić information content (AvgIpc) is 2.82. The fourth-order valence-electron chi connectivity index (χ4n) is 4.04. The van der Waals surface area contributed by atoms with Crippen LogP contribution in [0.15, 0.2) is 42.5 Å². The quantitative estimate of drug-likeness (QED) is 0.288. The summed E-state index contributed by atoms with van der Waals surface area (Å²) in [6, 6.07) is 9.43. The van der Waals surface area contributed by atoms with Gasteiger partial charge in [-0.25, -0.2) is 17.6 Å². The summed E-state index contributed by atoms with van der Waals surface area (Å²) in [5.41, 5.74) is 0.604. The summed E-state index contributed by atoms with van der Waals surface area (Å²) in [6.07, 6.45) is 3.93. The molecular weight excluding hydrogens is 444 g/mol. The Morgan fingerprint density at radius 3 is 2.15 bits per heavy atom. The first-order chi connectivity index (χ1) is 16.4. The van der Waals surface area contributed by atoms with Crippen LogP contribution in [0.1, 0.15) is 49.3 Å². The molecule has 1 aliphatic rings. The van der Waals surface area contributed by atoms with Crippen LogP contribution in [0.4, 0.5) is 17.6 Å². The van der Waals surface area contributed by atoms with Gasteiger partial charge in [0.15, 0.2) is 17.9 Å². The smallest absolute Gasteiger partial charge is 0.159 e. The minimum absolute atomic E-state index is 0.335. The van der Waals surface area contributed by atoms with Crippen LogP contribution in [0, 0.1) is 41.0 Å². The van der Waals surface area contributed by atoms with E-state index in [-0.39, 0.29) is 11.9 Å². The van der Waals surface area contributed by atoms with Gasteiger partial charge in [0.2, 0.25) is 0 Å². The Morgan fingerprint density at radius 2 is 1.47 bits per heavy atom. The van der Waals surface area contributed by atoms with Gasteiger partial charge in [-0.2, -0.15) is 0 Å². The first kappa shape index (κ1) is 24.3. The molecule has 4 rings (SSSR count). The number of fused-ring (bicyclic) bond motifs is 1. The third-order valence-electron chi connectivity index (χ3n) is 5.98. The lowest BCUT2D eigenvalue weighted by atomic mass is 10.0. The highest BCUT2D eigenvalue weighted by molar-refractivity contribution is 5.84. The van der Waals surface area contributed by atoms with Gasteiger partial charge in [-0.3, -0.25) is 0 Å². The maximum Gasteiger partial charge on any atom is 0.159 e. The third-order valence-corrected chi connectivity index (χ3v) is 5.98. The standard InChI is InChI=1S/C28H26F4O2/c1-2-3-4-20-16-33-28(34-17-20)10-7-19-12-24(29)23(25(30)13-19)9-6-18-5-8-21-14-26(31)27(32)15-22(21)11-18/h5,8,11-15,20,28H,2-4,7,10,16-17H2,1H3. The highest BCUT2D eigenvalue weighted by Gasteiger charge is 2.22. The van der Waals surface area contributed by atoms with Gasteiger partial charge >= 0.3 is 0 Å². The lowest BCUT2D eigenvalue weighted by Gasteiger charge is -2.29. The molecule has 0 bridgehead atoms. The average molecular weight is 471 g/mol. The largest absolute Gasteiger partial charge is 0.352 e. The Kier molecular flexibility index (Phi) is 7.87. The second kappa shape index (κ2) is 11.0. The molecule has 0 spiro atoms. The van der Waals surface area contributed by atoms with Gasteiger partial charge in [0.05, 0.1) is 18.8 Å². The molecule has 0 aromatic heterocycles. The third kappa shape index (κ3) is 5.97. The summed E-state index contributed by atoms with van der Waals surface area (Å²) >= 11 is 0. The molecule has 0 N–H and O–H groups in total. The van der Waals surface area contributed by atoms with Crippen LogP contribution in [-0.2, 0) is 15.9 Å². The van der Waals surface area contributed by atoms with E-state index in [4.69, 9.17) is 9.47 Å². The SMILES string of the molecule is CCCCC1COC(CCc2cc(F)c(C#Cc3ccc4cc(F)c(F)cc4c3)c(F)c2)OC1. The summed E-state index contributed by atoms with van der Waals surface area (Å²) < 4.78 is 67.6. The number of halogens is 4. The van der Waals surface area contributed by atoms with E-state index in [1.54, 1.807) is 18.2 Å². The van der Waals surface area contributed by atoms with Gasteiger partial charge in [-0.1, -0.05) is 37.7 Å². The van der Waals surface area contributed by atoms with Crippen molar-refractivity contribution in [2.75, 3.05) is 13.2 Å². The van der Waals surface area contributed by atoms with Gasteiger partial charge < -0.3 is 9.47 Å². The van der Waals surface area contributed by atoms with E-state index in [2.05, 4.69) is 18.8 Å². The van der Waals surface area contributed by atoms with E-state index in [9.17, 15) is 17.6 Å². The molecule has 0 atom stereocenters. The van der Waals surface area contributed by atoms with Crippen LogP contribution in [0.5, 0.6) is 0 Å². The molecule has 1 saturated heterocycles. The molecule has 1 fully saturated rings. The van der Waals surface area contributed by atoms with Gasteiger partial charge in [-0.15, -0.1) is 0 Å². The first-order valence-electron chi connectivity index (χ1n) is 11.5. The summed E-state index contributed by atoms with van der Waals surface area (Å²) in [6.45, 7) is 3.45. The van der Waals surface area contributed by atoms with Crippen LogP contribution in [0.2, 0.25) is 0 Å². The highest BCUT2D eigenvalue weighted by atomic mass is 19.2. The molecule has 3 aromatic rings. The molecule has 0 amide bonds. The molecule has 2 nitrogen and oxygen atoms in total. The van der Waals surface area contributed by atoms with Gasteiger partial charge in [0, 0.05) is 17.9 Å². The highest BCUT2D eigenvalue weighted by Crippen LogP contribution is 2.22. The molecular formula is C28H26F4O2. The molecule has 1 aliphatic heterocycles. The fourth-order valence-corrected chi connectivity index (χ4v) is 4.04. The monoisotopic (exact) mass is 470 g/mol. The van der Waals surface area contributed by atoms with E-state index < -0.39 is 23.3 Å². The molecule has 0 unspecified atom stereocenters. The zero-order chi connectivity index (χ0) is 24.1. The lowest BCUT2D eigenvalue weighted by molar-refractivity contribution is -0.203. The predicted molar refractivity (Wildman–Crippen MR) is 123 cm³/mol. The minimum atomic E-state index is -0.967. The molecule has 0 radical (unpaired) electrons. The van der Waals surface area contributed by atoms with E-state index in [1.165, 1.54) is 12.1 Å². The first-order valence-corrected chi connectivity index (χ1v) is 11.5. The number of aryl methyl sites for hydroxylation is 1. The second-order valence-corrected chi connectivity index (χ2v) is 8.66. The zero-order valence-electron chi connectivity index (χ0n) is 19.0. The molecule has 0 saturated carbocycles. The predicted octanol–water partition coefficient (Wildman–Crippen LogP) is 6.91. The van der Waals surface area contributed by atoms with Gasteiger partial charge in [0.25, 0.3) is 0 Å². The van der Waals surface area contributed by atoms with E-state index in [0.29, 0.717) is 53.9 Å². The van der Waals surface area contributed by atoms with Crippen LogP contribution in [0.3, 0.4) is 0 Å². The number of ether oxygens (including phenoxy) is 2. The topological polar surface area (TPSA) is 18.5 Å². The normalized spacial score (nSPS) is 18.0. The van der Waals surface area contributed by atoms with Crippen LogP contribution < -0.4 is 0 Å². The van der Waals surface area contributed by atoms with Crippen molar-refractivity contribution in [2.45, 2.75) is 45.3 Å². The Bertz CT molecular complexity index is 1200. The van der Waals surface area contributed by atoms with Crippen molar-refractivity contribution in [1.82, 2.24) is 0 Å². The van der Waals surface area contributed by atoms with Crippen LogP contribution in [-0.4, -0.2) is 19.5 Å². The maximum atomic E-state index is 14.6.